The van der Waals surface area contributed by atoms with Crippen molar-refractivity contribution >= 4 is 17.9 Å². The molecule has 1 aliphatic rings. The maximum absolute atomic E-state index is 10.8. The van der Waals surface area contributed by atoms with E-state index in [9.17, 15) is 4.79 Å². The van der Waals surface area contributed by atoms with Gasteiger partial charge in [0.25, 0.3) is 0 Å². The van der Waals surface area contributed by atoms with Gasteiger partial charge in [-0.1, -0.05) is 29.8 Å². The van der Waals surface area contributed by atoms with Crippen LogP contribution in [0.2, 0.25) is 5.02 Å². The Hall–Kier alpha value is -1.67. The number of hydrogen-bond acceptors (Lipinski definition) is 2. The maximum Gasteiger partial charge on any atom is 0.150 e. The molecule has 0 saturated carbocycles. The van der Waals surface area contributed by atoms with Gasteiger partial charge in [-0.25, -0.2) is 0 Å². The molecule has 1 aromatic heterocycles. The normalized spacial score (nSPS) is 17.8. The lowest BCUT2D eigenvalue weighted by Crippen LogP contribution is -2.13. The molecule has 0 amide bonds. The van der Waals surface area contributed by atoms with Gasteiger partial charge in [0.2, 0.25) is 0 Å². The van der Waals surface area contributed by atoms with Crippen LogP contribution in [0.5, 0.6) is 0 Å². The molecule has 3 heteroatoms. The number of pyridine rings is 1. The summed E-state index contributed by atoms with van der Waals surface area (Å²) in [5.41, 5.74) is 4.14. The van der Waals surface area contributed by atoms with Crippen LogP contribution in [0.25, 0.3) is 0 Å². The quantitative estimate of drug-likeness (QED) is 0.773. The second-order valence-electron chi connectivity index (χ2n) is 4.89. The molecule has 0 fully saturated rings. The summed E-state index contributed by atoms with van der Waals surface area (Å²) in [5, 5.41) is 0.660. The minimum absolute atomic E-state index is 0.248. The third-order valence-electron chi connectivity index (χ3n) is 3.73. The van der Waals surface area contributed by atoms with E-state index in [1.165, 1.54) is 5.56 Å². The molecule has 19 heavy (non-hydrogen) atoms. The third-order valence-corrected chi connectivity index (χ3v) is 4.06. The van der Waals surface area contributed by atoms with Crippen molar-refractivity contribution in [2.45, 2.75) is 25.2 Å². The number of halogens is 1. The lowest BCUT2D eigenvalue weighted by Gasteiger charge is -2.25. The first kappa shape index (κ1) is 12.4. The molecular weight excluding hydrogens is 258 g/mol. The van der Waals surface area contributed by atoms with E-state index in [0.29, 0.717) is 10.6 Å². The first-order chi connectivity index (χ1) is 9.29. The van der Waals surface area contributed by atoms with Gasteiger partial charge in [0.15, 0.2) is 0 Å². The Morgan fingerprint density at radius 2 is 2.21 bits per heavy atom. The van der Waals surface area contributed by atoms with Gasteiger partial charge in [-0.15, -0.1) is 0 Å². The molecular formula is C16H14ClNO. The largest absolute Gasteiger partial charge is 0.298 e. The number of aryl methyl sites for hydroxylation is 1. The monoisotopic (exact) mass is 271 g/mol. The molecule has 2 aromatic rings. The van der Waals surface area contributed by atoms with Gasteiger partial charge in [0, 0.05) is 22.7 Å². The van der Waals surface area contributed by atoms with Gasteiger partial charge >= 0.3 is 0 Å². The van der Waals surface area contributed by atoms with E-state index in [1.807, 2.05) is 24.4 Å². The predicted molar refractivity (Wildman–Crippen MR) is 75.9 cm³/mol. The first-order valence-corrected chi connectivity index (χ1v) is 6.86. The highest BCUT2D eigenvalue weighted by molar-refractivity contribution is 6.31. The van der Waals surface area contributed by atoms with E-state index in [1.54, 1.807) is 6.07 Å². The summed E-state index contributed by atoms with van der Waals surface area (Å²) in [7, 11) is 0. The SMILES string of the molecule is O=Cc1ccc(C2CCCc3cccnc32)c(Cl)c1. The minimum Gasteiger partial charge on any atom is -0.298 e. The Labute approximate surface area is 117 Å². The molecule has 96 valence electrons. The molecule has 0 spiro atoms. The standard InChI is InChI=1S/C16H14ClNO/c17-15-9-11(10-19)6-7-13(15)14-5-1-3-12-4-2-8-18-16(12)14/h2,4,6-10,14H,1,3,5H2. The number of fused-ring (bicyclic) bond motifs is 1. The van der Waals surface area contributed by atoms with Crippen LogP contribution in [0.4, 0.5) is 0 Å². The smallest absolute Gasteiger partial charge is 0.150 e. The van der Waals surface area contributed by atoms with Crippen molar-refractivity contribution in [2.24, 2.45) is 0 Å². The summed E-state index contributed by atoms with van der Waals surface area (Å²) < 4.78 is 0. The maximum atomic E-state index is 10.8. The number of nitrogens with zero attached hydrogens (tertiary/aromatic N) is 1. The topological polar surface area (TPSA) is 30.0 Å². The van der Waals surface area contributed by atoms with Crippen LogP contribution < -0.4 is 0 Å². The molecule has 0 bridgehead atoms. The van der Waals surface area contributed by atoms with Crippen LogP contribution in [0.3, 0.4) is 0 Å². The molecule has 0 radical (unpaired) electrons. The summed E-state index contributed by atoms with van der Waals surface area (Å²) in [5.74, 6) is 0.248. The van der Waals surface area contributed by atoms with Crippen LogP contribution in [0.1, 0.15) is 45.9 Å². The lowest BCUT2D eigenvalue weighted by atomic mass is 9.82. The highest BCUT2D eigenvalue weighted by atomic mass is 35.5. The highest BCUT2D eigenvalue weighted by Gasteiger charge is 2.24. The van der Waals surface area contributed by atoms with E-state index in [4.69, 9.17) is 11.6 Å². The molecule has 1 atom stereocenters. The molecule has 3 rings (SSSR count). The number of aldehydes is 1. The summed E-state index contributed by atoms with van der Waals surface area (Å²) in [6.45, 7) is 0. The number of benzene rings is 1. The Kier molecular flexibility index (Phi) is 3.34. The van der Waals surface area contributed by atoms with Crippen molar-refractivity contribution in [1.82, 2.24) is 4.98 Å². The summed E-state index contributed by atoms with van der Waals surface area (Å²) in [6, 6.07) is 9.65. The fourth-order valence-corrected chi connectivity index (χ4v) is 3.13. The zero-order chi connectivity index (χ0) is 13.2. The van der Waals surface area contributed by atoms with E-state index in [2.05, 4.69) is 11.1 Å². The molecule has 1 unspecified atom stereocenters. The molecule has 0 N–H and O–H groups in total. The van der Waals surface area contributed by atoms with Gasteiger partial charge in [-0.3, -0.25) is 9.78 Å². The van der Waals surface area contributed by atoms with Crippen LogP contribution >= 0.6 is 11.6 Å². The zero-order valence-electron chi connectivity index (χ0n) is 10.5. The number of aromatic nitrogens is 1. The van der Waals surface area contributed by atoms with E-state index < -0.39 is 0 Å². The van der Waals surface area contributed by atoms with E-state index in [0.717, 1.165) is 36.8 Å². The van der Waals surface area contributed by atoms with Crippen molar-refractivity contribution in [3.8, 4) is 0 Å². The second kappa shape index (κ2) is 5.14. The fourth-order valence-electron chi connectivity index (χ4n) is 2.81. The Bertz CT molecular complexity index is 624. The van der Waals surface area contributed by atoms with E-state index in [-0.39, 0.29) is 5.92 Å². The molecule has 0 saturated heterocycles. The van der Waals surface area contributed by atoms with Crippen molar-refractivity contribution in [2.75, 3.05) is 0 Å². The van der Waals surface area contributed by atoms with E-state index >= 15 is 0 Å². The van der Waals surface area contributed by atoms with Gasteiger partial charge in [0.1, 0.15) is 6.29 Å². The predicted octanol–water partition coefficient (Wildman–Crippen LogP) is 4.02. The Balaban J connectivity index is 2.06. The number of carbonyl (C=O) groups excluding carboxylic acids is 1. The number of rotatable bonds is 2. The van der Waals surface area contributed by atoms with Gasteiger partial charge in [-0.2, -0.15) is 0 Å². The third kappa shape index (κ3) is 2.28. The lowest BCUT2D eigenvalue weighted by molar-refractivity contribution is 0.112. The Morgan fingerprint density at radius 1 is 1.32 bits per heavy atom. The fraction of sp³-hybridized carbons (Fsp3) is 0.250. The molecule has 1 heterocycles. The van der Waals surface area contributed by atoms with Crippen molar-refractivity contribution in [3.05, 3.63) is 63.9 Å². The molecule has 1 aliphatic carbocycles. The average molecular weight is 272 g/mol. The second-order valence-corrected chi connectivity index (χ2v) is 5.30. The molecule has 2 nitrogen and oxygen atoms in total. The molecule has 0 aliphatic heterocycles. The van der Waals surface area contributed by atoms with Gasteiger partial charge in [0.05, 0.1) is 5.69 Å². The van der Waals surface area contributed by atoms with Crippen molar-refractivity contribution < 1.29 is 4.79 Å². The zero-order valence-corrected chi connectivity index (χ0v) is 11.2. The summed E-state index contributed by atoms with van der Waals surface area (Å²) >= 11 is 6.32. The van der Waals surface area contributed by atoms with Crippen molar-refractivity contribution in [1.29, 1.82) is 0 Å². The average Bonchev–Trinajstić information content (AvgIpc) is 2.46. The van der Waals surface area contributed by atoms with Crippen LogP contribution in [0, 0.1) is 0 Å². The van der Waals surface area contributed by atoms with Crippen LogP contribution in [0.15, 0.2) is 36.5 Å². The number of hydrogen-bond donors (Lipinski definition) is 0. The minimum atomic E-state index is 0.248. The summed E-state index contributed by atoms with van der Waals surface area (Å²) in [4.78, 5) is 15.3. The van der Waals surface area contributed by atoms with Crippen LogP contribution in [-0.4, -0.2) is 11.3 Å². The van der Waals surface area contributed by atoms with Crippen LogP contribution in [-0.2, 0) is 6.42 Å². The molecule has 1 aromatic carbocycles. The van der Waals surface area contributed by atoms with Gasteiger partial charge in [-0.05, 0) is 42.5 Å². The number of carbonyl (C=O) groups is 1. The van der Waals surface area contributed by atoms with Gasteiger partial charge < -0.3 is 0 Å². The van der Waals surface area contributed by atoms with Crippen molar-refractivity contribution in [3.63, 3.8) is 0 Å². The first-order valence-electron chi connectivity index (χ1n) is 6.48. The Morgan fingerprint density at radius 3 is 3.00 bits per heavy atom. The summed E-state index contributed by atoms with van der Waals surface area (Å²) in [6.07, 6.45) is 5.95. The highest BCUT2D eigenvalue weighted by Crippen LogP contribution is 2.38.